The number of alkyl halides is 1. The molecule has 0 amide bonds. The molecule has 0 radical (unpaired) electrons. The maximum Gasteiger partial charge on any atom is 0.307 e. The predicted molar refractivity (Wildman–Crippen MR) is 52.4 cm³/mol. The van der Waals surface area contributed by atoms with Crippen LogP contribution in [0.15, 0.2) is 0 Å². The molecule has 0 aromatic carbocycles. The normalized spacial score (nSPS) is 14.5. The molecule has 82 valence electrons. The lowest BCUT2D eigenvalue weighted by molar-refractivity contribution is -0.151. The standard InChI is InChI=1S/C9H15ClO4/c1-3-7(10)4-8(5-9(12)13)14-6(2)11/h7-8H,3-5H2,1-2H3,(H,12,13). The van der Waals surface area contributed by atoms with E-state index in [0.29, 0.717) is 6.42 Å². The Morgan fingerprint density at radius 1 is 1.50 bits per heavy atom. The predicted octanol–water partition coefficient (Wildman–Crippen LogP) is 1.80. The minimum Gasteiger partial charge on any atom is -0.481 e. The maximum atomic E-state index is 10.6. The summed E-state index contributed by atoms with van der Waals surface area (Å²) in [7, 11) is 0. The number of hydrogen-bond acceptors (Lipinski definition) is 3. The lowest BCUT2D eigenvalue weighted by atomic mass is 10.1. The highest BCUT2D eigenvalue weighted by molar-refractivity contribution is 6.20. The first-order valence-electron chi connectivity index (χ1n) is 4.48. The molecule has 0 aromatic rings. The van der Waals surface area contributed by atoms with E-state index in [2.05, 4.69) is 0 Å². The third kappa shape index (κ3) is 6.71. The van der Waals surface area contributed by atoms with Gasteiger partial charge in [-0.05, 0) is 6.42 Å². The molecule has 0 heterocycles. The monoisotopic (exact) mass is 222 g/mol. The minimum absolute atomic E-state index is 0.154. The van der Waals surface area contributed by atoms with Gasteiger partial charge in [0, 0.05) is 18.7 Å². The summed E-state index contributed by atoms with van der Waals surface area (Å²) in [5, 5.41) is 8.39. The van der Waals surface area contributed by atoms with E-state index >= 15 is 0 Å². The molecule has 1 N–H and O–H groups in total. The van der Waals surface area contributed by atoms with Crippen LogP contribution in [0.25, 0.3) is 0 Å². The molecule has 0 aliphatic rings. The number of ether oxygens (including phenoxy) is 1. The molecule has 0 saturated carbocycles. The van der Waals surface area contributed by atoms with Gasteiger partial charge < -0.3 is 9.84 Å². The summed E-state index contributed by atoms with van der Waals surface area (Å²) in [6.45, 7) is 3.15. The molecule has 2 atom stereocenters. The van der Waals surface area contributed by atoms with Crippen molar-refractivity contribution in [3.8, 4) is 0 Å². The fraction of sp³-hybridized carbons (Fsp3) is 0.778. The Labute approximate surface area is 88.2 Å². The van der Waals surface area contributed by atoms with E-state index < -0.39 is 18.0 Å². The molecular formula is C9H15ClO4. The van der Waals surface area contributed by atoms with Crippen molar-refractivity contribution in [3.63, 3.8) is 0 Å². The number of hydrogen-bond donors (Lipinski definition) is 1. The average molecular weight is 223 g/mol. The number of esters is 1. The lowest BCUT2D eigenvalue weighted by Crippen LogP contribution is -2.23. The first-order chi connectivity index (χ1) is 6.45. The fourth-order valence-corrected chi connectivity index (χ4v) is 1.25. The molecule has 5 heteroatoms. The van der Waals surface area contributed by atoms with Crippen molar-refractivity contribution < 1.29 is 19.4 Å². The molecule has 0 spiro atoms. The smallest absolute Gasteiger partial charge is 0.307 e. The average Bonchev–Trinajstić information content (AvgIpc) is 2.01. The highest BCUT2D eigenvalue weighted by Gasteiger charge is 2.19. The van der Waals surface area contributed by atoms with E-state index in [4.69, 9.17) is 21.4 Å². The van der Waals surface area contributed by atoms with Crippen molar-refractivity contribution in [1.29, 1.82) is 0 Å². The van der Waals surface area contributed by atoms with Crippen LogP contribution in [0.1, 0.15) is 33.1 Å². The first-order valence-corrected chi connectivity index (χ1v) is 4.92. The van der Waals surface area contributed by atoms with E-state index in [1.54, 1.807) is 0 Å². The van der Waals surface area contributed by atoms with E-state index in [1.807, 2.05) is 6.92 Å². The summed E-state index contributed by atoms with van der Waals surface area (Å²) >= 11 is 5.84. The van der Waals surface area contributed by atoms with Gasteiger partial charge in [-0.15, -0.1) is 11.6 Å². The third-order valence-electron chi connectivity index (χ3n) is 1.70. The maximum absolute atomic E-state index is 10.6. The largest absolute Gasteiger partial charge is 0.481 e. The van der Waals surface area contributed by atoms with Gasteiger partial charge in [0.25, 0.3) is 0 Å². The molecular weight excluding hydrogens is 208 g/mol. The van der Waals surface area contributed by atoms with Gasteiger partial charge in [0.05, 0.1) is 6.42 Å². The summed E-state index contributed by atoms with van der Waals surface area (Å²) in [5.74, 6) is -1.47. The van der Waals surface area contributed by atoms with Crippen molar-refractivity contribution in [1.82, 2.24) is 0 Å². The highest BCUT2D eigenvalue weighted by Crippen LogP contribution is 2.14. The molecule has 0 aliphatic carbocycles. The molecule has 4 nitrogen and oxygen atoms in total. The quantitative estimate of drug-likeness (QED) is 0.550. The zero-order chi connectivity index (χ0) is 11.1. The van der Waals surface area contributed by atoms with Gasteiger partial charge in [0.15, 0.2) is 0 Å². The van der Waals surface area contributed by atoms with Gasteiger partial charge in [-0.1, -0.05) is 6.92 Å². The SMILES string of the molecule is CCC(Cl)CC(CC(=O)O)OC(C)=O. The second-order valence-corrected chi connectivity index (χ2v) is 3.69. The van der Waals surface area contributed by atoms with Crippen molar-refractivity contribution in [2.24, 2.45) is 0 Å². The highest BCUT2D eigenvalue weighted by atomic mass is 35.5. The van der Waals surface area contributed by atoms with Gasteiger partial charge in [0.1, 0.15) is 6.10 Å². The van der Waals surface area contributed by atoms with Crippen LogP contribution in [0.4, 0.5) is 0 Å². The Morgan fingerprint density at radius 3 is 2.43 bits per heavy atom. The molecule has 0 aromatic heterocycles. The summed E-state index contributed by atoms with van der Waals surface area (Å²) < 4.78 is 4.83. The van der Waals surface area contributed by atoms with Crippen LogP contribution in [0.5, 0.6) is 0 Å². The molecule has 0 rings (SSSR count). The third-order valence-corrected chi connectivity index (χ3v) is 2.18. The fourth-order valence-electron chi connectivity index (χ4n) is 1.05. The van der Waals surface area contributed by atoms with E-state index in [-0.39, 0.29) is 11.8 Å². The molecule has 14 heavy (non-hydrogen) atoms. The second-order valence-electron chi connectivity index (χ2n) is 3.07. The summed E-state index contributed by atoms with van der Waals surface area (Å²) in [6.07, 6.45) is 0.290. The second kappa shape index (κ2) is 6.65. The zero-order valence-electron chi connectivity index (χ0n) is 8.33. The summed E-state index contributed by atoms with van der Waals surface area (Å²) in [5.41, 5.74) is 0. The van der Waals surface area contributed by atoms with Gasteiger partial charge >= 0.3 is 11.9 Å². The van der Waals surface area contributed by atoms with Crippen molar-refractivity contribution in [2.75, 3.05) is 0 Å². The Morgan fingerprint density at radius 2 is 2.07 bits per heavy atom. The number of carboxylic acid groups (broad SMARTS) is 1. The number of rotatable bonds is 6. The summed E-state index contributed by atoms with van der Waals surface area (Å²) in [6, 6.07) is 0. The molecule has 2 unspecified atom stereocenters. The van der Waals surface area contributed by atoms with Gasteiger partial charge in [-0.25, -0.2) is 0 Å². The van der Waals surface area contributed by atoms with Crippen LogP contribution in [0.2, 0.25) is 0 Å². The van der Waals surface area contributed by atoms with E-state index in [9.17, 15) is 9.59 Å². The zero-order valence-corrected chi connectivity index (χ0v) is 9.08. The van der Waals surface area contributed by atoms with Gasteiger partial charge in [-0.2, -0.15) is 0 Å². The number of aliphatic carboxylic acids is 1. The molecule has 0 bridgehead atoms. The van der Waals surface area contributed by atoms with Crippen molar-refractivity contribution in [2.45, 2.75) is 44.6 Å². The number of carbonyl (C=O) groups excluding carboxylic acids is 1. The first kappa shape index (κ1) is 13.2. The van der Waals surface area contributed by atoms with Crippen LogP contribution >= 0.6 is 11.6 Å². The lowest BCUT2D eigenvalue weighted by Gasteiger charge is -2.17. The Hall–Kier alpha value is -0.770. The van der Waals surface area contributed by atoms with Gasteiger partial charge in [-0.3, -0.25) is 9.59 Å². The topological polar surface area (TPSA) is 63.6 Å². The van der Waals surface area contributed by atoms with Crippen LogP contribution in [-0.2, 0) is 14.3 Å². The van der Waals surface area contributed by atoms with Crippen LogP contribution in [0.3, 0.4) is 0 Å². The number of carboxylic acids is 1. The molecule has 0 aliphatic heterocycles. The molecule has 0 saturated heterocycles. The Bertz CT molecular complexity index is 189. The van der Waals surface area contributed by atoms with Crippen molar-refractivity contribution >= 4 is 23.5 Å². The number of carbonyl (C=O) groups is 2. The molecule has 0 fully saturated rings. The van der Waals surface area contributed by atoms with Crippen LogP contribution < -0.4 is 0 Å². The van der Waals surface area contributed by atoms with Crippen molar-refractivity contribution in [3.05, 3.63) is 0 Å². The Kier molecular flexibility index (Phi) is 6.28. The Balaban J connectivity index is 4.09. The van der Waals surface area contributed by atoms with Gasteiger partial charge in [0.2, 0.25) is 0 Å². The van der Waals surface area contributed by atoms with Crippen LogP contribution in [0, 0.1) is 0 Å². The van der Waals surface area contributed by atoms with Crippen LogP contribution in [-0.4, -0.2) is 28.5 Å². The van der Waals surface area contributed by atoms with E-state index in [0.717, 1.165) is 6.42 Å². The van der Waals surface area contributed by atoms with E-state index in [1.165, 1.54) is 6.92 Å². The minimum atomic E-state index is -0.990. The summed E-state index contributed by atoms with van der Waals surface area (Å²) in [4.78, 5) is 21.1. The number of halogens is 1.